The topological polar surface area (TPSA) is 35.5 Å². The Labute approximate surface area is 124 Å². The summed E-state index contributed by atoms with van der Waals surface area (Å²) in [6.07, 6.45) is 4.92. The molecule has 0 aromatic heterocycles. The lowest BCUT2D eigenvalue weighted by atomic mass is 10.2. The summed E-state index contributed by atoms with van der Waals surface area (Å²) in [6.45, 7) is 0. The molecule has 0 saturated heterocycles. The Morgan fingerprint density at radius 2 is 1.62 bits per heavy atom. The number of benzene rings is 2. The van der Waals surface area contributed by atoms with Gasteiger partial charge in [-0.05, 0) is 56.0 Å². The van der Waals surface area contributed by atoms with Crippen LogP contribution in [0.5, 0.6) is 11.5 Å². The van der Waals surface area contributed by atoms with Crippen LogP contribution in [0, 0.1) is 0 Å². The first-order valence-electron chi connectivity index (χ1n) is 7.35. The van der Waals surface area contributed by atoms with Crippen molar-refractivity contribution in [2.75, 3.05) is 0 Å². The third kappa shape index (κ3) is 3.63. The molecule has 3 heteroatoms. The van der Waals surface area contributed by atoms with E-state index < -0.39 is 0 Å². The Balaban J connectivity index is 1.68. The summed E-state index contributed by atoms with van der Waals surface area (Å²) in [5.74, 6) is 0.923. The maximum Gasteiger partial charge on any atom is 0.343 e. The number of rotatable bonds is 4. The van der Waals surface area contributed by atoms with Gasteiger partial charge < -0.3 is 9.47 Å². The van der Waals surface area contributed by atoms with Crippen molar-refractivity contribution in [1.29, 1.82) is 0 Å². The normalized spacial score (nSPS) is 14.9. The number of ether oxygens (including phenoxy) is 2. The molecular formula is C18H18O3. The fourth-order valence-electron chi connectivity index (χ4n) is 2.55. The Bertz CT molecular complexity index is 601. The first-order valence-corrected chi connectivity index (χ1v) is 7.35. The smallest absolute Gasteiger partial charge is 0.343 e. The van der Waals surface area contributed by atoms with Crippen molar-refractivity contribution < 1.29 is 14.3 Å². The van der Waals surface area contributed by atoms with E-state index in [4.69, 9.17) is 9.47 Å². The Kier molecular flexibility index (Phi) is 4.20. The third-order valence-corrected chi connectivity index (χ3v) is 3.63. The van der Waals surface area contributed by atoms with Crippen LogP contribution in [0.2, 0.25) is 0 Å². The highest BCUT2D eigenvalue weighted by Crippen LogP contribution is 2.25. The van der Waals surface area contributed by atoms with Gasteiger partial charge >= 0.3 is 5.97 Å². The molecule has 108 valence electrons. The summed E-state index contributed by atoms with van der Waals surface area (Å²) in [6, 6.07) is 16.3. The van der Waals surface area contributed by atoms with Crippen molar-refractivity contribution in [3.63, 3.8) is 0 Å². The Morgan fingerprint density at radius 1 is 0.905 bits per heavy atom. The molecule has 0 unspecified atom stereocenters. The zero-order valence-corrected chi connectivity index (χ0v) is 11.8. The predicted molar refractivity (Wildman–Crippen MR) is 80.7 cm³/mol. The number of carbonyl (C=O) groups is 1. The maximum absolute atomic E-state index is 12.1. The van der Waals surface area contributed by atoms with Crippen LogP contribution in [0.25, 0.3) is 0 Å². The van der Waals surface area contributed by atoms with E-state index in [2.05, 4.69) is 0 Å². The van der Waals surface area contributed by atoms with Crippen LogP contribution in [0.1, 0.15) is 36.0 Å². The van der Waals surface area contributed by atoms with Gasteiger partial charge in [0.1, 0.15) is 11.5 Å². The minimum atomic E-state index is -0.363. The largest absolute Gasteiger partial charge is 0.490 e. The molecule has 2 aromatic carbocycles. The Hall–Kier alpha value is -2.29. The van der Waals surface area contributed by atoms with E-state index in [0.717, 1.165) is 18.6 Å². The van der Waals surface area contributed by atoms with Gasteiger partial charge in [-0.2, -0.15) is 0 Å². The highest BCUT2D eigenvalue weighted by molar-refractivity contribution is 5.91. The number of esters is 1. The van der Waals surface area contributed by atoms with Crippen molar-refractivity contribution in [2.24, 2.45) is 0 Å². The summed E-state index contributed by atoms with van der Waals surface area (Å²) in [7, 11) is 0. The van der Waals surface area contributed by atoms with Gasteiger partial charge in [0.25, 0.3) is 0 Å². The molecule has 0 aliphatic heterocycles. The van der Waals surface area contributed by atoms with E-state index in [1.807, 2.05) is 30.3 Å². The molecule has 21 heavy (non-hydrogen) atoms. The van der Waals surface area contributed by atoms with Crippen molar-refractivity contribution in [3.05, 3.63) is 60.2 Å². The lowest BCUT2D eigenvalue weighted by Gasteiger charge is -2.13. The summed E-state index contributed by atoms with van der Waals surface area (Å²) in [5, 5.41) is 0. The molecule has 3 rings (SSSR count). The van der Waals surface area contributed by atoms with E-state index in [0.29, 0.717) is 11.3 Å². The van der Waals surface area contributed by atoms with Crippen LogP contribution in [-0.2, 0) is 0 Å². The molecule has 1 saturated carbocycles. The molecule has 1 aliphatic carbocycles. The van der Waals surface area contributed by atoms with Gasteiger partial charge in [0.05, 0.1) is 11.7 Å². The van der Waals surface area contributed by atoms with Gasteiger partial charge in [-0.25, -0.2) is 4.79 Å². The van der Waals surface area contributed by atoms with Crippen molar-refractivity contribution in [1.82, 2.24) is 0 Å². The van der Waals surface area contributed by atoms with Crippen molar-refractivity contribution in [3.8, 4) is 11.5 Å². The van der Waals surface area contributed by atoms with E-state index >= 15 is 0 Å². The second-order valence-electron chi connectivity index (χ2n) is 5.25. The molecule has 0 spiro atoms. The van der Waals surface area contributed by atoms with Gasteiger partial charge in [-0.3, -0.25) is 0 Å². The van der Waals surface area contributed by atoms with Gasteiger partial charge in [-0.15, -0.1) is 0 Å². The molecule has 2 aromatic rings. The molecular weight excluding hydrogens is 264 g/mol. The summed E-state index contributed by atoms with van der Waals surface area (Å²) >= 11 is 0. The maximum atomic E-state index is 12.1. The predicted octanol–water partition coefficient (Wildman–Crippen LogP) is 4.23. The molecule has 1 aliphatic rings. The van der Waals surface area contributed by atoms with Crippen molar-refractivity contribution in [2.45, 2.75) is 31.8 Å². The molecule has 1 fully saturated rings. The number of para-hydroxylation sites is 1. The highest BCUT2D eigenvalue weighted by Gasteiger charge is 2.17. The van der Waals surface area contributed by atoms with Gasteiger partial charge in [0, 0.05) is 0 Å². The molecule has 0 amide bonds. The molecule has 0 N–H and O–H groups in total. The molecule has 0 bridgehead atoms. The quantitative estimate of drug-likeness (QED) is 0.622. The average Bonchev–Trinajstić information content (AvgIpc) is 3.01. The number of hydrogen-bond acceptors (Lipinski definition) is 3. The molecule has 0 atom stereocenters. The standard InChI is InChI=1S/C18H18O3/c19-18(21-16-8-2-1-3-9-16)14-7-6-12-17(13-14)20-15-10-4-5-11-15/h1-3,6-9,12-13,15H,4-5,10-11H2. The van der Waals surface area contributed by atoms with Gasteiger partial charge in [-0.1, -0.05) is 24.3 Å². The van der Waals surface area contributed by atoms with Crippen LogP contribution >= 0.6 is 0 Å². The first-order chi connectivity index (χ1) is 10.3. The van der Waals surface area contributed by atoms with Gasteiger partial charge in [0.15, 0.2) is 0 Å². The molecule has 0 heterocycles. The number of carbonyl (C=O) groups excluding carboxylic acids is 1. The summed E-state index contributed by atoms with van der Waals surface area (Å²) < 4.78 is 11.2. The SMILES string of the molecule is O=C(Oc1ccccc1)c1cccc(OC2CCCC2)c1. The third-order valence-electron chi connectivity index (χ3n) is 3.63. The Morgan fingerprint density at radius 3 is 2.38 bits per heavy atom. The second-order valence-corrected chi connectivity index (χ2v) is 5.25. The fourth-order valence-corrected chi connectivity index (χ4v) is 2.55. The van der Waals surface area contributed by atoms with Crippen molar-refractivity contribution >= 4 is 5.97 Å². The lowest BCUT2D eigenvalue weighted by Crippen LogP contribution is -2.12. The molecule has 0 radical (unpaired) electrons. The van der Waals surface area contributed by atoms with Crippen LogP contribution in [0.15, 0.2) is 54.6 Å². The fraction of sp³-hybridized carbons (Fsp3) is 0.278. The summed E-state index contributed by atoms with van der Waals surface area (Å²) in [5.41, 5.74) is 0.509. The first kappa shape index (κ1) is 13.7. The van der Waals surface area contributed by atoms with Crippen LogP contribution < -0.4 is 9.47 Å². The monoisotopic (exact) mass is 282 g/mol. The number of hydrogen-bond donors (Lipinski definition) is 0. The van der Waals surface area contributed by atoms with E-state index in [1.54, 1.807) is 24.3 Å². The second kappa shape index (κ2) is 6.44. The zero-order valence-electron chi connectivity index (χ0n) is 11.8. The van der Waals surface area contributed by atoms with E-state index in [9.17, 15) is 4.79 Å². The average molecular weight is 282 g/mol. The zero-order chi connectivity index (χ0) is 14.5. The minimum Gasteiger partial charge on any atom is -0.490 e. The lowest BCUT2D eigenvalue weighted by molar-refractivity contribution is 0.0734. The van der Waals surface area contributed by atoms with Crippen LogP contribution in [-0.4, -0.2) is 12.1 Å². The van der Waals surface area contributed by atoms with Crippen LogP contribution in [0.3, 0.4) is 0 Å². The van der Waals surface area contributed by atoms with E-state index in [-0.39, 0.29) is 12.1 Å². The van der Waals surface area contributed by atoms with Crippen LogP contribution in [0.4, 0.5) is 0 Å². The minimum absolute atomic E-state index is 0.283. The summed E-state index contributed by atoms with van der Waals surface area (Å²) in [4.78, 5) is 12.1. The highest BCUT2D eigenvalue weighted by atomic mass is 16.5. The molecule has 3 nitrogen and oxygen atoms in total. The van der Waals surface area contributed by atoms with Gasteiger partial charge in [0.2, 0.25) is 0 Å². The van der Waals surface area contributed by atoms with E-state index in [1.165, 1.54) is 12.8 Å².